The van der Waals surface area contributed by atoms with Crippen molar-refractivity contribution in [3.05, 3.63) is 35.9 Å². The lowest BCUT2D eigenvalue weighted by molar-refractivity contribution is 1.44. The van der Waals surface area contributed by atoms with Crippen LogP contribution >= 0.6 is 12.8 Å². The SMILES string of the molecule is C=C(N)c1ccc(C)c(NS)c1. The lowest BCUT2D eigenvalue weighted by Gasteiger charge is -2.06. The van der Waals surface area contributed by atoms with Gasteiger partial charge in [-0.25, -0.2) is 0 Å². The average molecular weight is 180 g/mol. The molecule has 0 aliphatic heterocycles. The van der Waals surface area contributed by atoms with Gasteiger partial charge in [0.1, 0.15) is 0 Å². The Morgan fingerprint density at radius 1 is 1.58 bits per heavy atom. The van der Waals surface area contributed by atoms with Crippen LogP contribution in [-0.4, -0.2) is 0 Å². The van der Waals surface area contributed by atoms with Gasteiger partial charge in [-0.15, -0.1) is 0 Å². The summed E-state index contributed by atoms with van der Waals surface area (Å²) in [6.07, 6.45) is 0. The quantitative estimate of drug-likeness (QED) is 0.610. The van der Waals surface area contributed by atoms with Crippen molar-refractivity contribution in [2.75, 3.05) is 4.72 Å². The smallest absolute Gasteiger partial charge is 0.0474 e. The minimum atomic E-state index is 0.569. The molecule has 0 amide bonds. The van der Waals surface area contributed by atoms with Gasteiger partial charge in [0.2, 0.25) is 0 Å². The summed E-state index contributed by atoms with van der Waals surface area (Å²) in [5, 5.41) is 0. The molecule has 3 N–H and O–H groups in total. The molecule has 0 aromatic heterocycles. The first-order chi connectivity index (χ1) is 5.65. The van der Waals surface area contributed by atoms with E-state index in [1.165, 1.54) is 0 Å². The van der Waals surface area contributed by atoms with Crippen LogP contribution in [0.5, 0.6) is 0 Å². The fourth-order valence-corrected chi connectivity index (χ4v) is 1.18. The molecule has 0 saturated heterocycles. The van der Waals surface area contributed by atoms with Gasteiger partial charge in [-0.1, -0.05) is 31.5 Å². The van der Waals surface area contributed by atoms with Gasteiger partial charge in [0.05, 0.1) is 0 Å². The summed E-state index contributed by atoms with van der Waals surface area (Å²) in [5.74, 6) is 0. The summed E-state index contributed by atoms with van der Waals surface area (Å²) >= 11 is 3.98. The Balaban J connectivity index is 3.13. The van der Waals surface area contributed by atoms with Gasteiger partial charge in [-0.3, -0.25) is 0 Å². The monoisotopic (exact) mass is 180 g/mol. The van der Waals surface area contributed by atoms with Gasteiger partial charge in [0, 0.05) is 11.4 Å². The molecule has 1 aromatic carbocycles. The van der Waals surface area contributed by atoms with E-state index in [0.717, 1.165) is 16.8 Å². The number of anilines is 1. The van der Waals surface area contributed by atoms with Crippen molar-refractivity contribution in [1.29, 1.82) is 0 Å². The second kappa shape index (κ2) is 3.54. The maximum Gasteiger partial charge on any atom is 0.0474 e. The van der Waals surface area contributed by atoms with Gasteiger partial charge >= 0.3 is 0 Å². The molecule has 0 bridgehead atoms. The molecule has 3 heteroatoms. The number of hydrogen-bond acceptors (Lipinski definition) is 3. The van der Waals surface area contributed by atoms with Crippen LogP contribution in [0.1, 0.15) is 11.1 Å². The molecule has 0 unspecified atom stereocenters. The molecule has 64 valence electrons. The van der Waals surface area contributed by atoms with Gasteiger partial charge < -0.3 is 10.5 Å². The molecule has 0 aliphatic carbocycles. The highest BCUT2D eigenvalue weighted by Crippen LogP contribution is 2.19. The summed E-state index contributed by atoms with van der Waals surface area (Å²) in [6, 6.07) is 5.84. The van der Waals surface area contributed by atoms with Crippen LogP contribution in [0.2, 0.25) is 0 Å². The molecule has 0 spiro atoms. The van der Waals surface area contributed by atoms with Crippen molar-refractivity contribution in [2.45, 2.75) is 6.92 Å². The summed E-state index contributed by atoms with van der Waals surface area (Å²) in [4.78, 5) is 0. The zero-order valence-electron chi connectivity index (χ0n) is 6.96. The fraction of sp³-hybridized carbons (Fsp3) is 0.111. The second-order valence-electron chi connectivity index (χ2n) is 2.67. The lowest BCUT2D eigenvalue weighted by Crippen LogP contribution is -1.95. The van der Waals surface area contributed by atoms with Crippen LogP contribution in [0.15, 0.2) is 24.8 Å². The predicted octanol–water partition coefficient (Wildman–Crippen LogP) is 2.18. The van der Waals surface area contributed by atoms with E-state index in [4.69, 9.17) is 5.73 Å². The largest absolute Gasteiger partial charge is 0.399 e. The van der Waals surface area contributed by atoms with E-state index >= 15 is 0 Å². The first kappa shape index (κ1) is 9.00. The van der Waals surface area contributed by atoms with E-state index in [-0.39, 0.29) is 0 Å². The highest BCUT2D eigenvalue weighted by Gasteiger charge is 1.98. The van der Waals surface area contributed by atoms with Gasteiger partial charge in [-0.05, 0) is 24.1 Å². The molecule has 0 atom stereocenters. The molecular formula is C9H12N2S. The summed E-state index contributed by atoms with van der Waals surface area (Å²) in [5.41, 5.74) is 9.13. The van der Waals surface area contributed by atoms with Crippen molar-refractivity contribution >= 4 is 24.2 Å². The topological polar surface area (TPSA) is 38.0 Å². The molecule has 1 rings (SSSR count). The zero-order chi connectivity index (χ0) is 9.14. The minimum Gasteiger partial charge on any atom is -0.399 e. The standard InChI is InChI=1S/C9H12N2S/c1-6-3-4-8(7(2)10)5-9(6)11-12/h3-5,11-12H,2,10H2,1H3. The predicted molar refractivity (Wildman–Crippen MR) is 57.0 cm³/mol. The third-order valence-electron chi connectivity index (χ3n) is 1.73. The summed E-state index contributed by atoms with van der Waals surface area (Å²) in [6.45, 7) is 5.66. The highest BCUT2D eigenvalue weighted by atomic mass is 32.1. The first-order valence-electron chi connectivity index (χ1n) is 3.60. The molecule has 12 heavy (non-hydrogen) atoms. The van der Waals surface area contributed by atoms with Crippen LogP contribution in [0.4, 0.5) is 5.69 Å². The number of rotatable bonds is 2. The van der Waals surface area contributed by atoms with E-state index in [9.17, 15) is 0 Å². The molecule has 0 fully saturated rings. The Hall–Kier alpha value is -1.09. The minimum absolute atomic E-state index is 0.569. The molecule has 0 radical (unpaired) electrons. The maximum atomic E-state index is 5.54. The third kappa shape index (κ3) is 1.74. The summed E-state index contributed by atoms with van der Waals surface area (Å²) in [7, 11) is 0. The van der Waals surface area contributed by atoms with E-state index < -0.39 is 0 Å². The molecule has 0 aliphatic rings. The van der Waals surface area contributed by atoms with Gasteiger partial charge in [0.15, 0.2) is 0 Å². The van der Waals surface area contributed by atoms with Crippen molar-refractivity contribution < 1.29 is 0 Å². The fourth-order valence-electron chi connectivity index (χ4n) is 0.942. The van der Waals surface area contributed by atoms with Gasteiger partial charge in [-0.2, -0.15) is 0 Å². The van der Waals surface area contributed by atoms with Crippen LogP contribution in [0.3, 0.4) is 0 Å². The number of benzene rings is 1. The van der Waals surface area contributed by atoms with Crippen molar-refractivity contribution in [2.24, 2.45) is 5.73 Å². The van der Waals surface area contributed by atoms with E-state index in [0.29, 0.717) is 5.70 Å². The van der Waals surface area contributed by atoms with Crippen LogP contribution in [0.25, 0.3) is 5.70 Å². The first-order valence-corrected chi connectivity index (χ1v) is 4.05. The Morgan fingerprint density at radius 2 is 2.25 bits per heavy atom. The van der Waals surface area contributed by atoms with Crippen molar-refractivity contribution in [1.82, 2.24) is 0 Å². The Morgan fingerprint density at radius 3 is 2.75 bits per heavy atom. The molecule has 0 heterocycles. The molecule has 1 aromatic rings. The van der Waals surface area contributed by atoms with E-state index in [1.54, 1.807) is 0 Å². The Bertz CT molecular complexity index is 307. The highest BCUT2D eigenvalue weighted by molar-refractivity contribution is 7.81. The molecular weight excluding hydrogens is 168 g/mol. The van der Waals surface area contributed by atoms with Gasteiger partial charge in [0.25, 0.3) is 0 Å². The number of aryl methyl sites for hydroxylation is 1. The van der Waals surface area contributed by atoms with Crippen molar-refractivity contribution in [3.8, 4) is 0 Å². The number of nitrogens with two attached hydrogens (primary N) is 1. The Labute approximate surface area is 78.0 Å². The molecule has 2 nitrogen and oxygen atoms in total. The molecule has 0 saturated carbocycles. The van der Waals surface area contributed by atoms with Crippen LogP contribution in [-0.2, 0) is 0 Å². The van der Waals surface area contributed by atoms with E-state index in [2.05, 4.69) is 24.1 Å². The van der Waals surface area contributed by atoms with Crippen LogP contribution < -0.4 is 10.5 Å². The zero-order valence-corrected chi connectivity index (χ0v) is 7.86. The number of thiol groups is 1. The van der Waals surface area contributed by atoms with Crippen molar-refractivity contribution in [3.63, 3.8) is 0 Å². The maximum absolute atomic E-state index is 5.54. The van der Waals surface area contributed by atoms with Crippen LogP contribution in [0, 0.1) is 6.92 Å². The number of hydrogen-bond donors (Lipinski definition) is 3. The average Bonchev–Trinajstić information content (AvgIpc) is 2.05. The lowest BCUT2D eigenvalue weighted by atomic mass is 10.1. The normalized spacial score (nSPS) is 9.50. The third-order valence-corrected chi connectivity index (χ3v) is 1.97. The summed E-state index contributed by atoms with van der Waals surface area (Å²) < 4.78 is 2.79. The Kier molecular flexibility index (Phi) is 2.65. The number of nitrogens with one attached hydrogen (secondary N) is 1. The van der Waals surface area contributed by atoms with E-state index in [1.807, 2.05) is 25.1 Å². The second-order valence-corrected chi connectivity index (χ2v) is 2.89.